The monoisotopic (exact) mass is 276 g/mol. The molecule has 2 rings (SSSR count). The van der Waals surface area contributed by atoms with Crippen LogP contribution < -0.4 is 4.90 Å². The molecule has 0 aliphatic carbocycles. The van der Waals surface area contributed by atoms with E-state index >= 15 is 0 Å². The van der Waals surface area contributed by atoms with Crippen molar-refractivity contribution in [3.05, 3.63) is 34.6 Å². The molecule has 5 heteroatoms. The summed E-state index contributed by atoms with van der Waals surface area (Å²) in [6.07, 6.45) is 1.05. The van der Waals surface area contributed by atoms with E-state index in [1.54, 1.807) is 0 Å². The third kappa shape index (κ3) is 2.71. The Bertz CT molecular complexity index is 595. The van der Waals surface area contributed by atoms with Gasteiger partial charge in [-0.05, 0) is 50.2 Å². The van der Waals surface area contributed by atoms with Crippen LogP contribution in [0.25, 0.3) is 0 Å². The van der Waals surface area contributed by atoms with E-state index in [0.29, 0.717) is 4.77 Å². The van der Waals surface area contributed by atoms with E-state index in [0.717, 1.165) is 18.1 Å². The number of anilines is 2. The van der Waals surface area contributed by atoms with Crippen molar-refractivity contribution in [1.82, 2.24) is 14.8 Å². The zero-order chi connectivity index (χ0) is 14.0. The predicted molar refractivity (Wildman–Crippen MR) is 81.7 cm³/mol. The zero-order valence-electron chi connectivity index (χ0n) is 11.8. The lowest BCUT2D eigenvalue weighted by atomic mass is 10.1. The molecule has 0 fully saturated rings. The van der Waals surface area contributed by atoms with Gasteiger partial charge in [0.05, 0.1) is 0 Å². The molecule has 0 radical (unpaired) electrons. The quantitative estimate of drug-likeness (QED) is 0.862. The standard InChI is InChI=1S/C14H20N4S/c1-5-11-6-8-12(9-7-11)17(4)13-15-16-14(19)18(13)10(2)3/h6-10H,5H2,1-4H3,(H,16,19). The van der Waals surface area contributed by atoms with Crippen molar-refractivity contribution in [3.8, 4) is 0 Å². The first-order valence-corrected chi connectivity index (χ1v) is 6.95. The molecule has 0 aliphatic heterocycles. The molecule has 0 saturated carbocycles. The van der Waals surface area contributed by atoms with Gasteiger partial charge in [0.15, 0.2) is 4.77 Å². The van der Waals surface area contributed by atoms with E-state index in [1.165, 1.54) is 5.56 Å². The second-order valence-electron chi connectivity index (χ2n) is 4.87. The summed E-state index contributed by atoms with van der Waals surface area (Å²) < 4.78 is 2.67. The highest BCUT2D eigenvalue weighted by Crippen LogP contribution is 2.24. The van der Waals surface area contributed by atoms with Crippen LogP contribution in [0.4, 0.5) is 11.6 Å². The maximum atomic E-state index is 5.28. The average molecular weight is 276 g/mol. The van der Waals surface area contributed by atoms with Gasteiger partial charge in [0.1, 0.15) is 0 Å². The molecular formula is C14H20N4S. The molecule has 0 unspecified atom stereocenters. The average Bonchev–Trinajstić information content (AvgIpc) is 2.80. The van der Waals surface area contributed by atoms with Crippen molar-refractivity contribution < 1.29 is 0 Å². The van der Waals surface area contributed by atoms with E-state index in [9.17, 15) is 0 Å². The minimum absolute atomic E-state index is 0.276. The fraction of sp³-hybridized carbons (Fsp3) is 0.429. The maximum absolute atomic E-state index is 5.28. The van der Waals surface area contributed by atoms with Crippen LogP contribution in [0.1, 0.15) is 32.4 Å². The molecule has 1 N–H and O–H groups in total. The number of H-pyrrole nitrogens is 1. The molecule has 0 atom stereocenters. The summed E-state index contributed by atoms with van der Waals surface area (Å²) in [4.78, 5) is 2.05. The molecule has 19 heavy (non-hydrogen) atoms. The summed E-state index contributed by atoms with van der Waals surface area (Å²) in [6, 6.07) is 8.79. The zero-order valence-corrected chi connectivity index (χ0v) is 12.7. The Morgan fingerprint density at radius 2 is 1.95 bits per heavy atom. The van der Waals surface area contributed by atoms with Gasteiger partial charge in [-0.1, -0.05) is 19.1 Å². The van der Waals surface area contributed by atoms with Gasteiger partial charge >= 0.3 is 0 Å². The molecular weight excluding hydrogens is 256 g/mol. The minimum atomic E-state index is 0.276. The Hall–Kier alpha value is -1.62. The summed E-state index contributed by atoms with van der Waals surface area (Å²) >= 11 is 5.28. The molecule has 1 heterocycles. The van der Waals surface area contributed by atoms with Gasteiger partial charge in [0, 0.05) is 18.8 Å². The summed E-state index contributed by atoms with van der Waals surface area (Å²) in [5.41, 5.74) is 2.44. The maximum Gasteiger partial charge on any atom is 0.230 e. The highest BCUT2D eigenvalue weighted by atomic mass is 32.1. The summed E-state index contributed by atoms with van der Waals surface area (Å²) in [5, 5.41) is 7.19. The van der Waals surface area contributed by atoms with Gasteiger partial charge in [-0.25, -0.2) is 5.10 Å². The molecule has 0 aliphatic rings. The molecule has 1 aromatic carbocycles. The van der Waals surface area contributed by atoms with E-state index in [4.69, 9.17) is 12.2 Å². The number of nitrogens with one attached hydrogen (secondary N) is 1. The van der Waals surface area contributed by atoms with E-state index < -0.39 is 0 Å². The minimum Gasteiger partial charge on any atom is -0.314 e. The van der Waals surface area contributed by atoms with Gasteiger partial charge < -0.3 is 4.90 Å². The SMILES string of the molecule is CCc1ccc(N(C)c2n[nH]c(=S)n2C(C)C)cc1. The smallest absolute Gasteiger partial charge is 0.230 e. The van der Waals surface area contributed by atoms with Crippen LogP contribution in [-0.4, -0.2) is 21.8 Å². The number of hydrogen-bond donors (Lipinski definition) is 1. The number of aryl methyl sites for hydroxylation is 1. The van der Waals surface area contributed by atoms with Crippen LogP contribution in [0.2, 0.25) is 0 Å². The van der Waals surface area contributed by atoms with Crippen LogP contribution in [0.5, 0.6) is 0 Å². The number of benzene rings is 1. The summed E-state index contributed by atoms with van der Waals surface area (Å²) in [6.45, 7) is 6.36. The molecule has 0 bridgehead atoms. The second-order valence-corrected chi connectivity index (χ2v) is 5.26. The predicted octanol–water partition coefficient (Wildman–Crippen LogP) is 3.85. The molecule has 0 spiro atoms. The number of aromatic nitrogens is 3. The number of nitrogens with zero attached hydrogens (tertiary/aromatic N) is 3. The molecule has 0 saturated heterocycles. The first kappa shape index (κ1) is 13.8. The lowest BCUT2D eigenvalue weighted by Gasteiger charge is -2.20. The highest BCUT2D eigenvalue weighted by molar-refractivity contribution is 7.71. The van der Waals surface area contributed by atoms with Crippen molar-refractivity contribution in [1.29, 1.82) is 0 Å². The molecule has 102 valence electrons. The van der Waals surface area contributed by atoms with Crippen LogP contribution in [0.15, 0.2) is 24.3 Å². The number of aromatic amines is 1. The van der Waals surface area contributed by atoms with Crippen LogP contribution in [-0.2, 0) is 6.42 Å². The third-order valence-electron chi connectivity index (χ3n) is 3.23. The van der Waals surface area contributed by atoms with E-state index in [2.05, 4.69) is 55.2 Å². The number of hydrogen-bond acceptors (Lipinski definition) is 3. The fourth-order valence-electron chi connectivity index (χ4n) is 2.07. The molecule has 1 aromatic heterocycles. The van der Waals surface area contributed by atoms with Crippen molar-refractivity contribution in [2.75, 3.05) is 11.9 Å². The largest absolute Gasteiger partial charge is 0.314 e. The topological polar surface area (TPSA) is 36.9 Å². The first-order chi connectivity index (χ1) is 9.04. The lowest BCUT2D eigenvalue weighted by molar-refractivity contribution is 0.591. The van der Waals surface area contributed by atoms with Gasteiger partial charge in [0.2, 0.25) is 5.95 Å². The Balaban J connectivity index is 2.38. The van der Waals surface area contributed by atoms with E-state index in [1.807, 2.05) is 16.5 Å². The summed E-state index contributed by atoms with van der Waals surface area (Å²) in [7, 11) is 2.00. The number of rotatable bonds is 4. The Kier molecular flexibility index (Phi) is 4.04. The Morgan fingerprint density at radius 1 is 1.32 bits per heavy atom. The molecule has 4 nitrogen and oxygen atoms in total. The van der Waals surface area contributed by atoms with Gasteiger partial charge in [-0.2, -0.15) is 0 Å². The highest BCUT2D eigenvalue weighted by Gasteiger charge is 2.14. The van der Waals surface area contributed by atoms with Gasteiger partial charge in [-0.15, -0.1) is 5.10 Å². The van der Waals surface area contributed by atoms with E-state index in [-0.39, 0.29) is 6.04 Å². The van der Waals surface area contributed by atoms with Crippen LogP contribution in [0.3, 0.4) is 0 Å². The van der Waals surface area contributed by atoms with Crippen molar-refractivity contribution in [3.63, 3.8) is 0 Å². The summed E-state index contributed by atoms with van der Waals surface area (Å²) in [5.74, 6) is 0.837. The molecule has 0 amide bonds. The third-order valence-corrected chi connectivity index (χ3v) is 3.52. The first-order valence-electron chi connectivity index (χ1n) is 6.54. The van der Waals surface area contributed by atoms with Crippen LogP contribution >= 0.6 is 12.2 Å². The molecule has 2 aromatic rings. The van der Waals surface area contributed by atoms with Gasteiger partial charge in [0.25, 0.3) is 0 Å². The van der Waals surface area contributed by atoms with Crippen molar-refractivity contribution >= 4 is 23.9 Å². The normalized spacial score (nSPS) is 11.0. The second kappa shape index (κ2) is 5.57. The van der Waals surface area contributed by atoms with Crippen LogP contribution in [0, 0.1) is 4.77 Å². The Morgan fingerprint density at radius 3 is 2.47 bits per heavy atom. The van der Waals surface area contributed by atoms with Gasteiger partial charge in [-0.3, -0.25) is 4.57 Å². The van der Waals surface area contributed by atoms with Crippen molar-refractivity contribution in [2.45, 2.75) is 33.2 Å². The fourth-order valence-corrected chi connectivity index (χ4v) is 2.41. The lowest BCUT2D eigenvalue weighted by Crippen LogP contribution is -2.16. The van der Waals surface area contributed by atoms with Crippen molar-refractivity contribution in [2.24, 2.45) is 0 Å². The Labute approximate surface area is 119 Å².